The molecule has 0 fully saturated rings. The summed E-state index contributed by atoms with van der Waals surface area (Å²) in [6.07, 6.45) is 0. The van der Waals surface area contributed by atoms with Crippen molar-refractivity contribution < 1.29 is 13.2 Å². The van der Waals surface area contributed by atoms with Gasteiger partial charge in [0.25, 0.3) is 0 Å². The number of halogens is 4. The van der Waals surface area contributed by atoms with E-state index in [1.54, 1.807) is 38.1 Å². The molecule has 1 N–H and O–H groups in total. The number of alkyl halides is 4. The van der Waals surface area contributed by atoms with Crippen molar-refractivity contribution in [3.8, 4) is 0 Å². The summed E-state index contributed by atoms with van der Waals surface area (Å²) in [6.45, 7) is 3.60. The Balaban J connectivity index is 2.52. The van der Waals surface area contributed by atoms with Crippen LogP contribution in [0.4, 0.5) is 13.2 Å². The molecule has 15 heavy (non-hydrogen) atoms. The van der Waals surface area contributed by atoms with Gasteiger partial charge in [0.1, 0.15) is 0 Å². The summed E-state index contributed by atoms with van der Waals surface area (Å²) in [5.41, 5.74) is 0.254. The van der Waals surface area contributed by atoms with Gasteiger partial charge in [-0.2, -0.15) is 0 Å². The zero-order valence-corrected chi connectivity index (χ0v) is 10.5. The van der Waals surface area contributed by atoms with Gasteiger partial charge in [-0.25, -0.2) is 0 Å². The summed E-state index contributed by atoms with van der Waals surface area (Å²) in [7, 11) is 0. The first-order chi connectivity index (χ1) is 6.82. The molecule has 0 amide bonds. The Labute approximate surface area is 93.8 Å². The maximum atomic E-state index is 12.8. The second-order valence-electron chi connectivity index (χ2n) is 3.91. The SMILES string of the molecule is CC1(C)NI(C(F)(F)F)c2ccccc21. The van der Waals surface area contributed by atoms with E-state index in [0.29, 0.717) is 3.57 Å². The summed E-state index contributed by atoms with van der Waals surface area (Å²) >= 11 is -3.23. The van der Waals surface area contributed by atoms with Crippen molar-refractivity contribution in [1.82, 2.24) is 3.53 Å². The quantitative estimate of drug-likeness (QED) is 0.435. The summed E-state index contributed by atoms with van der Waals surface area (Å²) in [4.78, 5) is 0. The predicted molar refractivity (Wildman–Crippen MR) is 61.4 cm³/mol. The first kappa shape index (κ1) is 11.2. The van der Waals surface area contributed by atoms with Crippen LogP contribution in [0, 0.1) is 3.57 Å². The van der Waals surface area contributed by atoms with E-state index < -0.39 is 29.8 Å². The van der Waals surface area contributed by atoms with Gasteiger partial charge in [-0.1, -0.05) is 0 Å². The number of rotatable bonds is 0. The second-order valence-corrected chi connectivity index (χ2v) is 8.45. The van der Waals surface area contributed by atoms with Gasteiger partial charge in [0.2, 0.25) is 0 Å². The third-order valence-corrected chi connectivity index (χ3v) is 7.51. The van der Waals surface area contributed by atoms with E-state index in [2.05, 4.69) is 3.53 Å². The Hall–Kier alpha value is -0.300. The Morgan fingerprint density at radius 3 is 2.40 bits per heavy atom. The van der Waals surface area contributed by atoms with Crippen molar-refractivity contribution >= 4 is 20.1 Å². The third kappa shape index (κ3) is 1.87. The molecule has 1 heterocycles. The summed E-state index contributed by atoms with van der Waals surface area (Å²) in [6, 6.07) is 6.86. The minimum absolute atomic E-state index is 0.499. The van der Waals surface area contributed by atoms with Crippen LogP contribution in [0.3, 0.4) is 0 Å². The summed E-state index contributed by atoms with van der Waals surface area (Å²) in [5, 5.41) is 0. The zero-order valence-electron chi connectivity index (χ0n) is 8.32. The van der Waals surface area contributed by atoms with Crippen molar-refractivity contribution in [3.05, 3.63) is 33.4 Å². The summed E-state index contributed by atoms with van der Waals surface area (Å²) < 4.78 is 37.6. The van der Waals surface area contributed by atoms with Crippen molar-refractivity contribution in [2.24, 2.45) is 0 Å². The Bertz CT molecular complexity index is 386. The van der Waals surface area contributed by atoms with Crippen molar-refractivity contribution in [1.29, 1.82) is 0 Å². The van der Waals surface area contributed by atoms with E-state index in [4.69, 9.17) is 0 Å². The molecule has 1 aromatic rings. The van der Waals surface area contributed by atoms with Crippen LogP contribution in [-0.2, 0) is 5.54 Å². The van der Waals surface area contributed by atoms with Gasteiger partial charge >= 0.3 is 93.8 Å². The van der Waals surface area contributed by atoms with E-state index >= 15 is 0 Å². The number of benzene rings is 1. The average molecular weight is 329 g/mol. The predicted octanol–water partition coefficient (Wildman–Crippen LogP) is 3.64. The molecule has 1 aromatic carbocycles. The van der Waals surface area contributed by atoms with Gasteiger partial charge in [0.05, 0.1) is 0 Å². The van der Waals surface area contributed by atoms with Crippen LogP contribution in [0.15, 0.2) is 24.3 Å². The minimum atomic E-state index is -4.08. The molecule has 0 aliphatic carbocycles. The molecule has 5 heteroatoms. The first-order valence-corrected chi connectivity index (χ1v) is 7.70. The Morgan fingerprint density at radius 1 is 1.20 bits per heavy atom. The zero-order chi connectivity index (χ0) is 11.3. The molecule has 0 saturated carbocycles. The molecule has 0 aromatic heterocycles. The van der Waals surface area contributed by atoms with Crippen LogP contribution < -0.4 is 3.53 Å². The number of fused-ring (bicyclic) bond motifs is 1. The Morgan fingerprint density at radius 2 is 1.80 bits per heavy atom. The molecule has 0 saturated heterocycles. The molecule has 0 spiro atoms. The van der Waals surface area contributed by atoms with Crippen LogP contribution in [0.25, 0.3) is 0 Å². The van der Waals surface area contributed by atoms with Gasteiger partial charge in [0.15, 0.2) is 0 Å². The molecule has 2 rings (SSSR count). The van der Waals surface area contributed by atoms with E-state index in [9.17, 15) is 13.2 Å². The summed E-state index contributed by atoms with van der Waals surface area (Å²) in [5.74, 6) is 0. The molecule has 0 radical (unpaired) electrons. The average Bonchev–Trinajstić information content (AvgIpc) is 2.39. The fourth-order valence-corrected chi connectivity index (χ4v) is 6.54. The molecular formula is C10H11F3IN. The molecular weight excluding hydrogens is 318 g/mol. The van der Waals surface area contributed by atoms with Crippen LogP contribution in [0.2, 0.25) is 0 Å². The molecule has 1 aliphatic heterocycles. The van der Waals surface area contributed by atoms with Crippen molar-refractivity contribution in [2.75, 3.05) is 0 Å². The molecule has 0 unspecified atom stereocenters. The van der Waals surface area contributed by atoms with Crippen LogP contribution in [0.5, 0.6) is 0 Å². The Kier molecular flexibility index (Phi) is 2.50. The fraction of sp³-hybridized carbons (Fsp3) is 0.400. The van der Waals surface area contributed by atoms with Crippen molar-refractivity contribution in [2.45, 2.75) is 23.6 Å². The standard InChI is InChI=1S/C10H11F3IN/c1-9(2)7-5-3-4-6-8(7)14(15-9)10(11,12)13/h3-6,15H,1-2H3. The van der Waals surface area contributed by atoms with E-state index in [1.165, 1.54) is 0 Å². The molecule has 0 bridgehead atoms. The van der Waals surface area contributed by atoms with E-state index in [1.807, 2.05) is 0 Å². The van der Waals surface area contributed by atoms with Crippen LogP contribution >= 0.6 is 20.1 Å². The van der Waals surface area contributed by atoms with Gasteiger partial charge < -0.3 is 0 Å². The molecule has 0 atom stereocenters. The first-order valence-electron chi connectivity index (χ1n) is 4.46. The van der Waals surface area contributed by atoms with Gasteiger partial charge in [-0.3, -0.25) is 0 Å². The topological polar surface area (TPSA) is 12.0 Å². The molecule has 1 aliphatic rings. The maximum absolute atomic E-state index is 12.8. The number of hydrogen-bond donors (Lipinski definition) is 1. The second kappa shape index (κ2) is 3.35. The van der Waals surface area contributed by atoms with Gasteiger partial charge in [-0.15, -0.1) is 0 Å². The van der Waals surface area contributed by atoms with Gasteiger partial charge in [0, 0.05) is 0 Å². The number of nitrogens with one attached hydrogen (secondary N) is 1. The number of hydrogen-bond acceptors (Lipinski definition) is 1. The molecule has 1 nitrogen and oxygen atoms in total. The monoisotopic (exact) mass is 329 g/mol. The van der Waals surface area contributed by atoms with E-state index in [-0.39, 0.29) is 0 Å². The fourth-order valence-electron chi connectivity index (χ4n) is 1.64. The van der Waals surface area contributed by atoms with Gasteiger partial charge in [-0.05, 0) is 0 Å². The van der Waals surface area contributed by atoms with E-state index in [0.717, 1.165) is 5.56 Å². The van der Waals surface area contributed by atoms with Crippen LogP contribution in [0.1, 0.15) is 19.4 Å². The normalized spacial score (nSPS) is 21.5. The third-order valence-electron chi connectivity index (χ3n) is 2.30. The van der Waals surface area contributed by atoms with Crippen LogP contribution in [-0.4, -0.2) is 4.18 Å². The molecule has 84 valence electrons. The van der Waals surface area contributed by atoms with Crippen molar-refractivity contribution in [3.63, 3.8) is 0 Å².